The highest BCUT2D eigenvalue weighted by molar-refractivity contribution is 7.80. The number of piperazine rings is 1. The normalized spacial score (nSPS) is 16.7. The lowest BCUT2D eigenvalue weighted by atomic mass is 10.2. The molecule has 2 aliphatic heterocycles. The van der Waals surface area contributed by atoms with Crippen LogP contribution in [0.1, 0.15) is 5.56 Å². The number of ether oxygens (including phenoxy) is 2. The number of rotatable bonds is 3. The van der Waals surface area contributed by atoms with Gasteiger partial charge in [0.2, 0.25) is 0 Å². The number of fused-ring (bicyclic) bond motifs is 1. The van der Waals surface area contributed by atoms with Gasteiger partial charge in [0, 0.05) is 44.5 Å². The van der Waals surface area contributed by atoms with Crippen molar-refractivity contribution in [1.29, 1.82) is 0 Å². The zero-order valence-electron chi connectivity index (χ0n) is 15.3. The molecule has 0 atom stereocenters. The Morgan fingerprint density at radius 1 is 0.929 bits per heavy atom. The lowest BCUT2D eigenvalue weighted by Gasteiger charge is -2.36. The molecule has 2 heterocycles. The van der Waals surface area contributed by atoms with Crippen LogP contribution in [0, 0.1) is 0 Å². The van der Waals surface area contributed by atoms with E-state index in [1.165, 1.54) is 5.56 Å². The minimum Gasteiger partial charge on any atom is -0.486 e. The minimum absolute atomic E-state index is 0.571. The fraction of sp³-hybridized carbons (Fsp3) is 0.350. The zero-order chi connectivity index (χ0) is 19.5. The SMILES string of the molecule is S=C(Nc1ccc2c(c1)OCCO2)N1CCN(Cc2ccc(Cl)c(Cl)c2)CC1. The summed E-state index contributed by atoms with van der Waals surface area (Å²) < 4.78 is 11.2. The quantitative estimate of drug-likeness (QED) is 0.722. The number of benzene rings is 2. The van der Waals surface area contributed by atoms with E-state index in [1.54, 1.807) is 0 Å². The molecule has 0 bridgehead atoms. The second-order valence-electron chi connectivity index (χ2n) is 6.80. The number of anilines is 1. The van der Waals surface area contributed by atoms with Crippen LogP contribution in [0.5, 0.6) is 11.5 Å². The third kappa shape index (κ3) is 4.63. The van der Waals surface area contributed by atoms with Gasteiger partial charge >= 0.3 is 0 Å². The van der Waals surface area contributed by atoms with E-state index in [9.17, 15) is 0 Å². The number of hydrogen-bond acceptors (Lipinski definition) is 4. The first-order valence-corrected chi connectivity index (χ1v) is 10.4. The summed E-state index contributed by atoms with van der Waals surface area (Å²) in [6.07, 6.45) is 0. The molecule has 5 nitrogen and oxygen atoms in total. The Morgan fingerprint density at radius 2 is 1.68 bits per heavy atom. The van der Waals surface area contributed by atoms with Crippen molar-refractivity contribution in [3.63, 3.8) is 0 Å². The summed E-state index contributed by atoms with van der Waals surface area (Å²) >= 11 is 17.7. The fourth-order valence-electron chi connectivity index (χ4n) is 3.33. The Hall–Kier alpha value is -1.73. The van der Waals surface area contributed by atoms with Gasteiger partial charge in [-0.05, 0) is 42.0 Å². The van der Waals surface area contributed by atoms with Gasteiger partial charge in [-0.1, -0.05) is 29.3 Å². The fourth-order valence-corrected chi connectivity index (χ4v) is 3.95. The van der Waals surface area contributed by atoms with Crippen LogP contribution in [0.15, 0.2) is 36.4 Å². The monoisotopic (exact) mass is 437 g/mol. The van der Waals surface area contributed by atoms with Crippen LogP contribution in [-0.2, 0) is 6.54 Å². The highest BCUT2D eigenvalue weighted by Crippen LogP contribution is 2.32. The minimum atomic E-state index is 0.571. The molecule has 0 aliphatic carbocycles. The predicted octanol–water partition coefficient (Wildman–Crippen LogP) is 4.28. The van der Waals surface area contributed by atoms with Gasteiger partial charge in [0.05, 0.1) is 10.0 Å². The molecule has 0 radical (unpaired) electrons. The van der Waals surface area contributed by atoms with Crippen LogP contribution in [0.25, 0.3) is 0 Å². The maximum atomic E-state index is 6.12. The molecule has 2 aromatic rings. The highest BCUT2D eigenvalue weighted by Gasteiger charge is 2.20. The number of hydrogen-bond donors (Lipinski definition) is 1. The van der Waals surface area contributed by atoms with E-state index in [-0.39, 0.29) is 0 Å². The van der Waals surface area contributed by atoms with Gasteiger partial charge in [-0.3, -0.25) is 4.90 Å². The Bertz CT molecular complexity index is 873. The molecule has 148 valence electrons. The van der Waals surface area contributed by atoms with Crippen LogP contribution >= 0.6 is 35.4 Å². The van der Waals surface area contributed by atoms with Crippen molar-refractivity contribution in [2.75, 3.05) is 44.7 Å². The number of thiocarbonyl (C=S) groups is 1. The molecule has 2 aromatic carbocycles. The van der Waals surface area contributed by atoms with Crippen molar-refractivity contribution in [2.24, 2.45) is 0 Å². The first-order valence-electron chi connectivity index (χ1n) is 9.20. The van der Waals surface area contributed by atoms with Crippen LogP contribution in [0.2, 0.25) is 10.0 Å². The van der Waals surface area contributed by atoms with E-state index in [0.717, 1.165) is 55.0 Å². The Labute approximate surface area is 180 Å². The summed E-state index contributed by atoms with van der Waals surface area (Å²) in [4.78, 5) is 4.58. The molecule has 0 saturated carbocycles. The van der Waals surface area contributed by atoms with Crippen molar-refractivity contribution in [3.8, 4) is 11.5 Å². The van der Waals surface area contributed by atoms with Crippen molar-refractivity contribution < 1.29 is 9.47 Å². The van der Waals surface area contributed by atoms with Gasteiger partial charge in [-0.25, -0.2) is 0 Å². The lowest BCUT2D eigenvalue weighted by molar-refractivity contribution is 0.171. The molecule has 0 aromatic heterocycles. The molecule has 4 rings (SSSR count). The highest BCUT2D eigenvalue weighted by atomic mass is 35.5. The summed E-state index contributed by atoms with van der Waals surface area (Å²) in [6.45, 7) is 5.63. The summed E-state index contributed by atoms with van der Waals surface area (Å²) in [6, 6.07) is 11.6. The first-order chi connectivity index (χ1) is 13.6. The standard InChI is InChI=1S/C20H21Cl2N3O2S/c21-16-3-1-14(11-17(16)22)13-24-5-7-25(8-6-24)20(28)23-15-2-4-18-19(12-15)27-10-9-26-18/h1-4,11-12H,5-10,13H2,(H,23,28). The third-order valence-corrected chi connectivity index (χ3v) is 5.94. The van der Waals surface area contributed by atoms with Crippen LogP contribution in [0.3, 0.4) is 0 Å². The van der Waals surface area contributed by atoms with Gasteiger partial charge in [0.25, 0.3) is 0 Å². The van der Waals surface area contributed by atoms with Crippen molar-refractivity contribution >= 4 is 46.2 Å². The summed E-state index contributed by atoms with van der Waals surface area (Å²) in [5.41, 5.74) is 2.08. The molecule has 1 fully saturated rings. The maximum Gasteiger partial charge on any atom is 0.173 e. The van der Waals surface area contributed by atoms with Crippen molar-refractivity contribution in [3.05, 3.63) is 52.0 Å². The second-order valence-corrected chi connectivity index (χ2v) is 8.00. The van der Waals surface area contributed by atoms with Crippen LogP contribution in [-0.4, -0.2) is 54.3 Å². The first kappa shape index (κ1) is 19.6. The van der Waals surface area contributed by atoms with E-state index in [0.29, 0.717) is 23.3 Å². The van der Waals surface area contributed by atoms with E-state index in [1.807, 2.05) is 36.4 Å². The molecule has 0 spiro atoms. The van der Waals surface area contributed by atoms with Gasteiger partial charge in [0.1, 0.15) is 13.2 Å². The largest absolute Gasteiger partial charge is 0.486 e. The molecule has 28 heavy (non-hydrogen) atoms. The van der Waals surface area contributed by atoms with Gasteiger partial charge in [0.15, 0.2) is 16.6 Å². The van der Waals surface area contributed by atoms with Crippen LogP contribution in [0.4, 0.5) is 5.69 Å². The van der Waals surface area contributed by atoms with Gasteiger partial charge in [-0.2, -0.15) is 0 Å². The topological polar surface area (TPSA) is 37.0 Å². The number of halogens is 2. The third-order valence-electron chi connectivity index (χ3n) is 4.84. The molecule has 1 N–H and O–H groups in total. The molecule has 1 saturated heterocycles. The molecule has 8 heteroatoms. The number of nitrogens with one attached hydrogen (secondary N) is 1. The molecule has 2 aliphatic rings. The van der Waals surface area contributed by atoms with Crippen molar-refractivity contribution in [2.45, 2.75) is 6.54 Å². The van der Waals surface area contributed by atoms with E-state index >= 15 is 0 Å². The molecular formula is C20H21Cl2N3O2S. The average Bonchev–Trinajstić information content (AvgIpc) is 2.71. The van der Waals surface area contributed by atoms with Gasteiger partial charge in [-0.15, -0.1) is 0 Å². The van der Waals surface area contributed by atoms with E-state index in [2.05, 4.69) is 15.1 Å². The predicted molar refractivity (Wildman–Crippen MR) is 117 cm³/mol. The second kappa shape index (κ2) is 8.74. The molecular weight excluding hydrogens is 417 g/mol. The Balaban J connectivity index is 1.29. The Morgan fingerprint density at radius 3 is 2.43 bits per heavy atom. The smallest absolute Gasteiger partial charge is 0.173 e. The average molecular weight is 438 g/mol. The summed E-state index contributed by atoms with van der Waals surface area (Å²) in [5, 5.41) is 5.23. The zero-order valence-corrected chi connectivity index (χ0v) is 17.6. The number of nitrogens with zero attached hydrogens (tertiary/aromatic N) is 2. The Kier molecular flexibility index (Phi) is 6.11. The summed E-state index contributed by atoms with van der Waals surface area (Å²) in [5.74, 6) is 1.53. The van der Waals surface area contributed by atoms with Gasteiger partial charge < -0.3 is 19.7 Å². The maximum absolute atomic E-state index is 6.12. The molecule has 0 amide bonds. The van der Waals surface area contributed by atoms with Crippen molar-refractivity contribution in [1.82, 2.24) is 9.80 Å². The van der Waals surface area contributed by atoms with Crippen LogP contribution < -0.4 is 14.8 Å². The summed E-state index contributed by atoms with van der Waals surface area (Å²) in [7, 11) is 0. The molecule has 0 unspecified atom stereocenters. The van der Waals surface area contributed by atoms with E-state index in [4.69, 9.17) is 44.9 Å². The lowest BCUT2D eigenvalue weighted by Crippen LogP contribution is -2.49. The van der Waals surface area contributed by atoms with E-state index < -0.39 is 0 Å².